The number of hydrogen-bond acceptors (Lipinski definition) is 1. The summed E-state index contributed by atoms with van der Waals surface area (Å²) in [5.74, 6) is -1.28. The molecule has 2 rings (SSSR count). The summed E-state index contributed by atoms with van der Waals surface area (Å²) >= 11 is 0. The topological polar surface area (TPSA) is 17.1 Å². The van der Waals surface area contributed by atoms with Crippen molar-refractivity contribution in [3.05, 3.63) is 69.8 Å². The van der Waals surface area contributed by atoms with Gasteiger partial charge in [-0.3, -0.25) is 4.79 Å². The highest BCUT2D eigenvalue weighted by molar-refractivity contribution is 6.00. The summed E-state index contributed by atoms with van der Waals surface area (Å²) < 4.78 is 26.7. The van der Waals surface area contributed by atoms with Gasteiger partial charge in [0.05, 0.1) is 0 Å². The monoisotopic (exact) mass is 274 g/mol. The standard InChI is InChI=1S/C17H16F2O/c1-10-6-11(2)17(12(3)7-10)16(20)9-13-8-14(18)4-5-15(13)19/h4-8H,9H2,1-3H3. The van der Waals surface area contributed by atoms with Gasteiger partial charge in [0.1, 0.15) is 11.6 Å². The number of Topliss-reactive ketones (excluding diaryl/α,β-unsaturated/α-hetero) is 1. The molecule has 0 radical (unpaired) electrons. The van der Waals surface area contributed by atoms with Crippen molar-refractivity contribution in [1.29, 1.82) is 0 Å². The molecule has 2 aromatic rings. The average molecular weight is 274 g/mol. The second-order valence-corrected chi connectivity index (χ2v) is 5.11. The Kier molecular flexibility index (Phi) is 3.98. The molecular formula is C17H16F2O. The molecule has 20 heavy (non-hydrogen) atoms. The van der Waals surface area contributed by atoms with Crippen molar-refractivity contribution >= 4 is 5.78 Å². The Bertz CT molecular complexity index is 652. The minimum atomic E-state index is -0.554. The first-order valence-corrected chi connectivity index (χ1v) is 6.43. The summed E-state index contributed by atoms with van der Waals surface area (Å²) in [6.07, 6.45) is -0.131. The van der Waals surface area contributed by atoms with Crippen molar-refractivity contribution < 1.29 is 13.6 Å². The highest BCUT2D eigenvalue weighted by atomic mass is 19.1. The van der Waals surface area contributed by atoms with Crippen LogP contribution in [0.5, 0.6) is 0 Å². The molecular weight excluding hydrogens is 258 g/mol. The molecule has 0 saturated heterocycles. The molecule has 0 unspecified atom stereocenters. The van der Waals surface area contributed by atoms with Crippen LogP contribution in [0, 0.1) is 32.4 Å². The number of halogens is 2. The molecule has 104 valence electrons. The van der Waals surface area contributed by atoms with Gasteiger partial charge in [-0.05, 0) is 55.7 Å². The van der Waals surface area contributed by atoms with Crippen LogP contribution in [0.1, 0.15) is 32.6 Å². The highest BCUT2D eigenvalue weighted by Crippen LogP contribution is 2.20. The van der Waals surface area contributed by atoms with E-state index in [0.29, 0.717) is 5.56 Å². The fraction of sp³-hybridized carbons (Fsp3) is 0.235. The molecule has 0 fully saturated rings. The number of aryl methyl sites for hydroxylation is 3. The maximum atomic E-state index is 13.6. The molecule has 0 aliphatic carbocycles. The summed E-state index contributed by atoms with van der Waals surface area (Å²) in [6, 6.07) is 7.01. The van der Waals surface area contributed by atoms with Crippen LogP contribution in [0.3, 0.4) is 0 Å². The lowest BCUT2D eigenvalue weighted by atomic mass is 9.93. The predicted octanol–water partition coefficient (Wildman–Crippen LogP) is 4.32. The lowest BCUT2D eigenvalue weighted by molar-refractivity contribution is 0.0990. The van der Waals surface area contributed by atoms with E-state index in [4.69, 9.17) is 0 Å². The van der Waals surface area contributed by atoms with E-state index in [9.17, 15) is 13.6 Å². The Morgan fingerprint density at radius 1 is 1.00 bits per heavy atom. The molecule has 0 N–H and O–H groups in total. The predicted molar refractivity (Wildman–Crippen MR) is 75.0 cm³/mol. The molecule has 0 atom stereocenters. The van der Waals surface area contributed by atoms with E-state index < -0.39 is 11.6 Å². The average Bonchev–Trinajstić information content (AvgIpc) is 2.32. The second-order valence-electron chi connectivity index (χ2n) is 5.11. The fourth-order valence-electron chi connectivity index (χ4n) is 2.56. The van der Waals surface area contributed by atoms with Gasteiger partial charge in [-0.25, -0.2) is 8.78 Å². The molecule has 0 amide bonds. The number of benzene rings is 2. The summed E-state index contributed by atoms with van der Waals surface area (Å²) in [7, 11) is 0. The van der Waals surface area contributed by atoms with Crippen LogP contribution in [0.15, 0.2) is 30.3 Å². The zero-order valence-corrected chi connectivity index (χ0v) is 11.8. The molecule has 2 aromatic carbocycles. The van der Waals surface area contributed by atoms with E-state index in [1.807, 2.05) is 32.9 Å². The third-order valence-corrected chi connectivity index (χ3v) is 3.31. The van der Waals surface area contributed by atoms with Gasteiger partial charge in [0.2, 0.25) is 0 Å². The van der Waals surface area contributed by atoms with Gasteiger partial charge >= 0.3 is 0 Å². The number of carbonyl (C=O) groups is 1. The van der Waals surface area contributed by atoms with Gasteiger partial charge in [0, 0.05) is 12.0 Å². The smallest absolute Gasteiger partial charge is 0.167 e. The van der Waals surface area contributed by atoms with Crippen molar-refractivity contribution in [2.45, 2.75) is 27.2 Å². The van der Waals surface area contributed by atoms with Gasteiger partial charge in [-0.15, -0.1) is 0 Å². The zero-order chi connectivity index (χ0) is 14.9. The first-order chi connectivity index (χ1) is 9.38. The molecule has 0 aliphatic heterocycles. The largest absolute Gasteiger partial charge is 0.294 e. The molecule has 0 aromatic heterocycles. The van der Waals surface area contributed by atoms with Gasteiger partial charge < -0.3 is 0 Å². The third-order valence-electron chi connectivity index (χ3n) is 3.31. The maximum absolute atomic E-state index is 13.6. The Morgan fingerprint density at radius 2 is 1.60 bits per heavy atom. The van der Waals surface area contributed by atoms with Gasteiger partial charge in [0.15, 0.2) is 5.78 Å². The van der Waals surface area contributed by atoms with Crippen LogP contribution in [0.25, 0.3) is 0 Å². The van der Waals surface area contributed by atoms with Crippen molar-refractivity contribution in [1.82, 2.24) is 0 Å². The van der Waals surface area contributed by atoms with Crippen molar-refractivity contribution in [3.63, 3.8) is 0 Å². The first kappa shape index (κ1) is 14.4. The normalized spacial score (nSPS) is 10.7. The lowest BCUT2D eigenvalue weighted by Crippen LogP contribution is -2.09. The molecule has 0 bridgehead atoms. The number of hydrogen-bond donors (Lipinski definition) is 0. The summed E-state index contributed by atoms with van der Waals surface area (Å²) in [6.45, 7) is 5.67. The quantitative estimate of drug-likeness (QED) is 0.762. The molecule has 0 saturated carbocycles. The SMILES string of the molecule is Cc1cc(C)c(C(=O)Cc2cc(F)ccc2F)c(C)c1. The lowest BCUT2D eigenvalue weighted by Gasteiger charge is -2.11. The molecule has 0 spiro atoms. The summed E-state index contributed by atoms with van der Waals surface area (Å²) in [4.78, 5) is 12.3. The number of rotatable bonds is 3. The van der Waals surface area contributed by atoms with Gasteiger partial charge in [-0.2, -0.15) is 0 Å². The van der Waals surface area contributed by atoms with Crippen molar-refractivity contribution in [2.24, 2.45) is 0 Å². The van der Waals surface area contributed by atoms with E-state index in [1.54, 1.807) is 0 Å². The minimum absolute atomic E-state index is 0.0920. The molecule has 1 nitrogen and oxygen atoms in total. The van der Waals surface area contributed by atoms with Gasteiger partial charge in [-0.1, -0.05) is 17.7 Å². The van der Waals surface area contributed by atoms with Crippen LogP contribution >= 0.6 is 0 Å². The number of ketones is 1. The Balaban J connectivity index is 2.36. The minimum Gasteiger partial charge on any atom is -0.294 e. The van der Waals surface area contributed by atoms with E-state index in [0.717, 1.165) is 34.9 Å². The molecule has 0 heterocycles. The summed E-state index contributed by atoms with van der Waals surface area (Å²) in [5.41, 5.74) is 3.50. The van der Waals surface area contributed by atoms with Crippen LogP contribution in [0.2, 0.25) is 0 Å². The Labute approximate surface area is 117 Å². The van der Waals surface area contributed by atoms with Crippen LogP contribution < -0.4 is 0 Å². The molecule has 3 heteroatoms. The zero-order valence-electron chi connectivity index (χ0n) is 11.8. The summed E-state index contributed by atoms with van der Waals surface area (Å²) in [5, 5.41) is 0. The number of carbonyl (C=O) groups excluding carboxylic acids is 1. The van der Waals surface area contributed by atoms with Crippen LogP contribution in [-0.2, 0) is 6.42 Å². The van der Waals surface area contributed by atoms with E-state index in [-0.39, 0.29) is 17.8 Å². The Morgan fingerprint density at radius 3 is 2.20 bits per heavy atom. The maximum Gasteiger partial charge on any atom is 0.167 e. The second kappa shape index (κ2) is 5.53. The van der Waals surface area contributed by atoms with E-state index >= 15 is 0 Å². The van der Waals surface area contributed by atoms with Gasteiger partial charge in [0.25, 0.3) is 0 Å². The van der Waals surface area contributed by atoms with E-state index in [2.05, 4.69) is 0 Å². The van der Waals surface area contributed by atoms with E-state index in [1.165, 1.54) is 0 Å². The van der Waals surface area contributed by atoms with Crippen LogP contribution in [0.4, 0.5) is 8.78 Å². The van der Waals surface area contributed by atoms with Crippen molar-refractivity contribution in [2.75, 3.05) is 0 Å². The molecule has 0 aliphatic rings. The van der Waals surface area contributed by atoms with Crippen LogP contribution in [-0.4, -0.2) is 5.78 Å². The first-order valence-electron chi connectivity index (χ1n) is 6.43. The fourth-order valence-corrected chi connectivity index (χ4v) is 2.56. The third kappa shape index (κ3) is 2.93. The van der Waals surface area contributed by atoms with Crippen molar-refractivity contribution in [3.8, 4) is 0 Å². The highest BCUT2D eigenvalue weighted by Gasteiger charge is 2.15. The Hall–Kier alpha value is -2.03.